The van der Waals surface area contributed by atoms with E-state index in [0.717, 1.165) is 17.3 Å². The molecule has 0 fully saturated rings. The number of thioether (sulfide) groups is 1. The fourth-order valence-corrected chi connectivity index (χ4v) is 3.07. The van der Waals surface area contributed by atoms with Crippen LogP contribution in [0.25, 0.3) is 0 Å². The second-order valence-electron chi connectivity index (χ2n) is 5.55. The van der Waals surface area contributed by atoms with Gasteiger partial charge in [0.2, 0.25) is 0 Å². The summed E-state index contributed by atoms with van der Waals surface area (Å²) in [5.41, 5.74) is 0.697. The van der Waals surface area contributed by atoms with Gasteiger partial charge in [-0.05, 0) is 55.8 Å². The zero-order chi connectivity index (χ0) is 16.9. The number of aromatic nitrogens is 2. The number of nitriles is 1. The van der Waals surface area contributed by atoms with Crippen LogP contribution in [0.2, 0.25) is 5.02 Å². The third-order valence-corrected chi connectivity index (χ3v) is 4.41. The van der Waals surface area contributed by atoms with Crippen molar-refractivity contribution in [2.75, 3.05) is 0 Å². The standard InChI is InChI=1S/C17H16ClN3OS/c1-17(2,11-19)16-13(18)9-12(10-21-16)6-7-15(22)23-14-5-3-4-8-20-14/h3-5,8-10H,6-7H2,1-2H3. The van der Waals surface area contributed by atoms with Crippen molar-refractivity contribution < 1.29 is 4.79 Å². The van der Waals surface area contributed by atoms with Gasteiger partial charge in [0.15, 0.2) is 5.12 Å². The molecule has 0 aliphatic heterocycles. The second kappa shape index (κ2) is 7.58. The lowest BCUT2D eigenvalue weighted by Crippen LogP contribution is -2.17. The number of carbonyl (C=O) groups excluding carboxylic acids is 1. The molecule has 0 saturated carbocycles. The van der Waals surface area contributed by atoms with E-state index in [0.29, 0.717) is 28.6 Å². The first kappa shape index (κ1) is 17.5. The maximum atomic E-state index is 12.0. The van der Waals surface area contributed by atoms with Gasteiger partial charge in [0.25, 0.3) is 0 Å². The molecule has 2 aromatic heterocycles. The normalized spacial score (nSPS) is 11.0. The predicted octanol–water partition coefficient (Wildman–Crippen LogP) is 4.18. The molecule has 0 aromatic carbocycles. The van der Waals surface area contributed by atoms with Crippen LogP contribution in [0.4, 0.5) is 0 Å². The minimum atomic E-state index is -0.736. The van der Waals surface area contributed by atoms with Crippen LogP contribution in [0.5, 0.6) is 0 Å². The van der Waals surface area contributed by atoms with Crippen LogP contribution in [-0.4, -0.2) is 15.1 Å². The van der Waals surface area contributed by atoms with Crippen LogP contribution >= 0.6 is 23.4 Å². The van der Waals surface area contributed by atoms with Crippen molar-refractivity contribution in [2.45, 2.75) is 37.1 Å². The van der Waals surface area contributed by atoms with E-state index < -0.39 is 5.41 Å². The average molecular weight is 346 g/mol. The van der Waals surface area contributed by atoms with Gasteiger partial charge in [0, 0.05) is 18.8 Å². The fourth-order valence-electron chi connectivity index (χ4n) is 1.95. The number of carbonyl (C=O) groups is 1. The first-order valence-electron chi connectivity index (χ1n) is 7.10. The highest BCUT2D eigenvalue weighted by molar-refractivity contribution is 8.13. The Morgan fingerprint density at radius 1 is 1.39 bits per heavy atom. The van der Waals surface area contributed by atoms with Crippen LogP contribution in [0.15, 0.2) is 41.7 Å². The lowest BCUT2D eigenvalue weighted by molar-refractivity contribution is -0.110. The molecule has 0 N–H and O–H groups in total. The third kappa shape index (κ3) is 4.78. The van der Waals surface area contributed by atoms with Crippen LogP contribution in [0.1, 0.15) is 31.5 Å². The molecule has 0 amide bonds. The minimum Gasteiger partial charge on any atom is -0.287 e. The van der Waals surface area contributed by atoms with Gasteiger partial charge in [-0.1, -0.05) is 17.7 Å². The van der Waals surface area contributed by atoms with Crippen LogP contribution in [-0.2, 0) is 16.6 Å². The number of hydrogen-bond donors (Lipinski definition) is 0. The van der Waals surface area contributed by atoms with Gasteiger partial charge in [0.05, 0.1) is 22.2 Å². The molecule has 2 rings (SSSR count). The largest absolute Gasteiger partial charge is 0.287 e. The summed E-state index contributed by atoms with van der Waals surface area (Å²) < 4.78 is 0. The molecular formula is C17H16ClN3OS. The highest BCUT2D eigenvalue weighted by atomic mass is 35.5. The van der Waals surface area contributed by atoms with E-state index in [-0.39, 0.29) is 5.12 Å². The highest BCUT2D eigenvalue weighted by Crippen LogP contribution is 2.28. The summed E-state index contributed by atoms with van der Waals surface area (Å²) in [5.74, 6) is 0. The van der Waals surface area contributed by atoms with Gasteiger partial charge in [-0.25, -0.2) is 4.98 Å². The molecule has 0 bridgehead atoms. The summed E-state index contributed by atoms with van der Waals surface area (Å²) in [4.78, 5) is 20.4. The summed E-state index contributed by atoms with van der Waals surface area (Å²) >= 11 is 7.36. The third-order valence-electron chi connectivity index (χ3n) is 3.24. The molecule has 6 heteroatoms. The Hall–Kier alpha value is -1.90. The molecule has 0 spiro atoms. The van der Waals surface area contributed by atoms with Gasteiger partial charge >= 0.3 is 0 Å². The lowest BCUT2D eigenvalue weighted by atomic mass is 9.90. The van der Waals surface area contributed by atoms with E-state index in [4.69, 9.17) is 16.9 Å². The molecule has 2 heterocycles. The van der Waals surface area contributed by atoms with Crippen LogP contribution < -0.4 is 0 Å². The number of aryl methyl sites for hydroxylation is 1. The molecular weight excluding hydrogens is 330 g/mol. The van der Waals surface area contributed by atoms with Gasteiger partial charge < -0.3 is 0 Å². The summed E-state index contributed by atoms with van der Waals surface area (Å²) in [6, 6.07) is 9.43. The molecule has 0 radical (unpaired) electrons. The van der Waals surface area contributed by atoms with Crippen molar-refractivity contribution in [3.8, 4) is 6.07 Å². The first-order valence-corrected chi connectivity index (χ1v) is 8.29. The van der Waals surface area contributed by atoms with Crippen molar-refractivity contribution in [2.24, 2.45) is 0 Å². The van der Waals surface area contributed by atoms with E-state index >= 15 is 0 Å². The molecule has 23 heavy (non-hydrogen) atoms. The number of rotatable bonds is 5. The summed E-state index contributed by atoms with van der Waals surface area (Å²) in [6.45, 7) is 3.54. The van der Waals surface area contributed by atoms with E-state index in [2.05, 4.69) is 16.0 Å². The van der Waals surface area contributed by atoms with Gasteiger partial charge in [-0.2, -0.15) is 5.26 Å². The molecule has 0 atom stereocenters. The number of pyridine rings is 2. The van der Waals surface area contributed by atoms with E-state index in [1.54, 1.807) is 38.4 Å². The SMILES string of the molecule is CC(C)(C#N)c1ncc(CCC(=O)Sc2ccccn2)cc1Cl. The number of nitrogens with zero attached hydrogens (tertiary/aromatic N) is 3. The highest BCUT2D eigenvalue weighted by Gasteiger charge is 2.24. The number of halogens is 1. The topological polar surface area (TPSA) is 66.6 Å². The maximum Gasteiger partial charge on any atom is 0.195 e. The Labute approximate surface area is 144 Å². The molecule has 0 unspecified atom stereocenters. The lowest BCUT2D eigenvalue weighted by Gasteiger charge is -2.16. The van der Waals surface area contributed by atoms with Crippen LogP contribution in [0, 0.1) is 11.3 Å². The van der Waals surface area contributed by atoms with E-state index in [9.17, 15) is 4.79 Å². The molecule has 0 aliphatic carbocycles. The summed E-state index contributed by atoms with van der Waals surface area (Å²) in [7, 11) is 0. The zero-order valence-electron chi connectivity index (χ0n) is 12.9. The van der Waals surface area contributed by atoms with E-state index in [1.165, 1.54) is 0 Å². The van der Waals surface area contributed by atoms with Crippen molar-refractivity contribution in [1.29, 1.82) is 5.26 Å². The van der Waals surface area contributed by atoms with Crippen molar-refractivity contribution >= 4 is 28.5 Å². The molecule has 0 aliphatic rings. The molecule has 2 aromatic rings. The van der Waals surface area contributed by atoms with Crippen molar-refractivity contribution in [3.63, 3.8) is 0 Å². The maximum absolute atomic E-state index is 12.0. The Bertz CT molecular complexity index is 741. The predicted molar refractivity (Wildman–Crippen MR) is 91.3 cm³/mol. The van der Waals surface area contributed by atoms with Crippen molar-refractivity contribution in [1.82, 2.24) is 9.97 Å². The van der Waals surface area contributed by atoms with Gasteiger partial charge in [0.1, 0.15) is 5.03 Å². The Balaban J connectivity index is 1.98. The van der Waals surface area contributed by atoms with Gasteiger partial charge in [-0.3, -0.25) is 9.78 Å². The van der Waals surface area contributed by atoms with Gasteiger partial charge in [-0.15, -0.1) is 0 Å². The monoisotopic (exact) mass is 345 g/mol. The Morgan fingerprint density at radius 3 is 2.78 bits per heavy atom. The quantitative estimate of drug-likeness (QED) is 0.760. The summed E-state index contributed by atoms with van der Waals surface area (Å²) in [6.07, 6.45) is 4.27. The van der Waals surface area contributed by atoms with Crippen molar-refractivity contribution in [3.05, 3.63) is 52.9 Å². The zero-order valence-corrected chi connectivity index (χ0v) is 14.5. The first-order chi connectivity index (χ1) is 10.9. The Kier molecular flexibility index (Phi) is 5.75. The Morgan fingerprint density at radius 2 is 2.17 bits per heavy atom. The smallest absolute Gasteiger partial charge is 0.195 e. The number of hydrogen-bond acceptors (Lipinski definition) is 5. The molecule has 0 saturated heterocycles. The molecule has 118 valence electrons. The molecule has 4 nitrogen and oxygen atoms in total. The van der Waals surface area contributed by atoms with Crippen LogP contribution in [0.3, 0.4) is 0 Å². The summed E-state index contributed by atoms with van der Waals surface area (Å²) in [5, 5.41) is 10.3. The fraction of sp³-hybridized carbons (Fsp3) is 0.294. The second-order valence-corrected chi connectivity index (χ2v) is 7.04. The minimum absolute atomic E-state index is 0.0428. The van der Waals surface area contributed by atoms with E-state index in [1.807, 2.05) is 12.1 Å². The average Bonchev–Trinajstić information content (AvgIpc) is 2.53.